The molecule has 1 heterocycles. The third kappa shape index (κ3) is 4.19. The van der Waals surface area contributed by atoms with E-state index in [2.05, 4.69) is 10.3 Å². The second-order valence-electron chi connectivity index (χ2n) is 5.60. The second-order valence-corrected chi connectivity index (χ2v) is 6.04. The summed E-state index contributed by atoms with van der Waals surface area (Å²) >= 11 is 5.93. The predicted molar refractivity (Wildman–Crippen MR) is 96.8 cm³/mol. The van der Waals surface area contributed by atoms with Gasteiger partial charge in [0.25, 0.3) is 5.91 Å². The maximum atomic E-state index is 12.3. The van der Waals surface area contributed by atoms with E-state index in [1.165, 1.54) is 6.39 Å². The van der Waals surface area contributed by atoms with E-state index in [9.17, 15) is 4.79 Å². The molecule has 0 radical (unpaired) electrons. The molecule has 1 atom stereocenters. The van der Waals surface area contributed by atoms with Crippen molar-refractivity contribution < 1.29 is 13.9 Å². The highest BCUT2D eigenvalue weighted by atomic mass is 35.5. The molecule has 3 rings (SSSR count). The second kappa shape index (κ2) is 7.40. The summed E-state index contributed by atoms with van der Waals surface area (Å²) in [5.41, 5.74) is 2.44. The molecule has 0 bridgehead atoms. The Morgan fingerprint density at radius 1 is 1.24 bits per heavy atom. The average molecular weight is 357 g/mol. The molecule has 3 aromatic rings. The lowest BCUT2D eigenvalue weighted by Gasteiger charge is -2.16. The number of nitrogens with one attached hydrogen (secondary N) is 1. The van der Waals surface area contributed by atoms with Crippen molar-refractivity contribution in [3.05, 3.63) is 65.6 Å². The molecule has 1 unspecified atom stereocenters. The minimum absolute atomic E-state index is 0.234. The minimum atomic E-state index is -0.645. The molecule has 0 saturated heterocycles. The van der Waals surface area contributed by atoms with Crippen LogP contribution in [-0.2, 0) is 4.79 Å². The largest absolute Gasteiger partial charge is 0.481 e. The number of hydrogen-bond donors (Lipinski definition) is 1. The van der Waals surface area contributed by atoms with Crippen LogP contribution in [0.2, 0.25) is 5.02 Å². The van der Waals surface area contributed by atoms with Gasteiger partial charge in [-0.15, -0.1) is 0 Å². The van der Waals surface area contributed by atoms with E-state index in [1.807, 2.05) is 19.1 Å². The van der Waals surface area contributed by atoms with Gasteiger partial charge in [0.15, 0.2) is 18.3 Å². The third-order valence-electron chi connectivity index (χ3n) is 3.68. The Morgan fingerprint density at radius 2 is 2.00 bits per heavy atom. The van der Waals surface area contributed by atoms with Gasteiger partial charge in [-0.25, -0.2) is 4.98 Å². The summed E-state index contributed by atoms with van der Waals surface area (Å²) in [5.74, 6) is 1.07. The van der Waals surface area contributed by atoms with Crippen LogP contribution in [0.4, 0.5) is 5.69 Å². The first kappa shape index (κ1) is 17.0. The Balaban J connectivity index is 1.63. The Kier molecular flexibility index (Phi) is 5.05. The third-order valence-corrected chi connectivity index (χ3v) is 3.91. The Labute approximate surface area is 150 Å². The standard InChI is InChI=1S/C19H17ClN2O3/c1-12-9-15(20)5-8-17(12)25-13(2)19(23)22-16-6-3-14(4-7-16)18-10-21-11-24-18/h3-11,13H,1-2H3,(H,22,23). The Morgan fingerprint density at radius 3 is 2.64 bits per heavy atom. The molecule has 2 aromatic carbocycles. The molecule has 128 valence electrons. The van der Waals surface area contributed by atoms with Crippen LogP contribution in [0, 0.1) is 6.92 Å². The molecule has 5 nitrogen and oxygen atoms in total. The van der Waals surface area contributed by atoms with E-state index in [1.54, 1.807) is 43.5 Å². The summed E-state index contributed by atoms with van der Waals surface area (Å²) in [7, 11) is 0. The predicted octanol–water partition coefficient (Wildman–Crippen LogP) is 4.71. The van der Waals surface area contributed by atoms with Crippen molar-refractivity contribution in [1.29, 1.82) is 0 Å². The van der Waals surface area contributed by atoms with Crippen molar-refractivity contribution in [1.82, 2.24) is 4.98 Å². The van der Waals surface area contributed by atoms with Gasteiger partial charge >= 0.3 is 0 Å². The molecular weight excluding hydrogens is 340 g/mol. The van der Waals surface area contributed by atoms with Gasteiger partial charge in [-0.2, -0.15) is 0 Å². The van der Waals surface area contributed by atoms with E-state index < -0.39 is 6.10 Å². The van der Waals surface area contributed by atoms with Gasteiger partial charge in [0.2, 0.25) is 0 Å². The number of nitrogens with zero attached hydrogens (tertiary/aromatic N) is 1. The number of oxazole rings is 1. The topological polar surface area (TPSA) is 64.4 Å². The molecule has 0 spiro atoms. The van der Waals surface area contributed by atoms with Gasteiger partial charge in [0.1, 0.15) is 5.75 Å². The fraction of sp³-hybridized carbons (Fsp3) is 0.158. The molecule has 6 heteroatoms. The van der Waals surface area contributed by atoms with E-state index in [-0.39, 0.29) is 5.91 Å². The molecule has 0 aliphatic heterocycles. The highest BCUT2D eigenvalue weighted by molar-refractivity contribution is 6.30. The van der Waals surface area contributed by atoms with Crippen LogP contribution in [0.15, 0.2) is 59.5 Å². The highest BCUT2D eigenvalue weighted by Crippen LogP contribution is 2.24. The monoisotopic (exact) mass is 356 g/mol. The van der Waals surface area contributed by atoms with Gasteiger partial charge < -0.3 is 14.5 Å². The van der Waals surface area contributed by atoms with Crippen LogP contribution in [0.5, 0.6) is 5.75 Å². The van der Waals surface area contributed by atoms with Crippen LogP contribution < -0.4 is 10.1 Å². The number of aromatic nitrogens is 1. The normalized spacial score (nSPS) is 11.8. The molecular formula is C19H17ClN2O3. The molecule has 0 aliphatic carbocycles. The number of carbonyl (C=O) groups is 1. The van der Waals surface area contributed by atoms with Crippen LogP contribution in [-0.4, -0.2) is 17.0 Å². The first-order valence-corrected chi connectivity index (χ1v) is 8.13. The Bertz CT molecular complexity index is 861. The van der Waals surface area contributed by atoms with Crippen LogP contribution in [0.1, 0.15) is 12.5 Å². The van der Waals surface area contributed by atoms with Gasteiger partial charge in [0.05, 0.1) is 6.20 Å². The van der Waals surface area contributed by atoms with Gasteiger partial charge in [-0.05, 0) is 61.9 Å². The van der Waals surface area contributed by atoms with Crippen molar-refractivity contribution in [2.24, 2.45) is 0 Å². The molecule has 0 fully saturated rings. The summed E-state index contributed by atoms with van der Waals surface area (Å²) in [6.45, 7) is 3.58. The molecule has 0 aliphatic rings. The molecule has 1 N–H and O–H groups in total. The van der Waals surface area contributed by atoms with E-state index in [0.29, 0.717) is 22.2 Å². The van der Waals surface area contributed by atoms with E-state index >= 15 is 0 Å². The van der Waals surface area contributed by atoms with Crippen molar-refractivity contribution in [3.63, 3.8) is 0 Å². The summed E-state index contributed by atoms with van der Waals surface area (Å²) in [4.78, 5) is 16.2. The first-order chi connectivity index (χ1) is 12.0. The lowest BCUT2D eigenvalue weighted by Crippen LogP contribution is -2.30. The van der Waals surface area contributed by atoms with Crippen molar-refractivity contribution in [3.8, 4) is 17.1 Å². The van der Waals surface area contributed by atoms with Crippen molar-refractivity contribution >= 4 is 23.2 Å². The zero-order valence-corrected chi connectivity index (χ0v) is 14.6. The molecule has 0 saturated carbocycles. The summed E-state index contributed by atoms with van der Waals surface area (Å²) < 4.78 is 11.0. The molecule has 25 heavy (non-hydrogen) atoms. The number of amides is 1. The molecule has 1 aromatic heterocycles. The number of carbonyl (C=O) groups excluding carboxylic acids is 1. The number of rotatable bonds is 5. The van der Waals surface area contributed by atoms with Gasteiger partial charge in [0, 0.05) is 16.3 Å². The van der Waals surface area contributed by atoms with Gasteiger partial charge in [-0.3, -0.25) is 4.79 Å². The number of benzene rings is 2. The zero-order chi connectivity index (χ0) is 17.8. The summed E-state index contributed by atoms with van der Waals surface area (Å²) in [6.07, 6.45) is 2.37. The van der Waals surface area contributed by atoms with Crippen LogP contribution in [0.25, 0.3) is 11.3 Å². The van der Waals surface area contributed by atoms with Crippen molar-refractivity contribution in [2.45, 2.75) is 20.0 Å². The fourth-order valence-electron chi connectivity index (χ4n) is 2.31. The number of ether oxygens (including phenoxy) is 1. The fourth-order valence-corrected chi connectivity index (χ4v) is 2.54. The van der Waals surface area contributed by atoms with Crippen molar-refractivity contribution in [2.75, 3.05) is 5.32 Å². The lowest BCUT2D eigenvalue weighted by atomic mass is 10.1. The smallest absolute Gasteiger partial charge is 0.265 e. The molecule has 1 amide bonds. The summed E-state index contributed by atoms with van der Waals surface area (Å²) in [6, 6.07) is 12.6. The SMILES string of the molecule is Cc1cc(Cl)ccc1OC(C)C(=O)Nc1ccc(-c2cnco2)cc1. The first-order valence-electron chi connectivity index (χ1n) is 7.75. The number of anilines is 1. The number of aryl methyl sites for hydroxylation is 1. The summed E-state index contributed by atoms with van der Waals surface area (Å²) in [5, 5.41) is 3.46. The quantitative estimate of drug-likeness (QED) is 0.719. The lowest BCUT2D eigenvalue weighted by molar-refractivity contribution is -0.122. The maximum absolute atomic E-state index is 12.3. The number of halogens is 1. The Hall–Kier alpha value is -2.79. The highest BCUT2D eigenvalue weighted by Gasteiger charge is 2.16. The number of hydrogen-bond acceptors (Lipinski definition) is 4. The minimum Gasteiger partial charge on any atom is -0.481 e. The zero-order valence-electron chi connectivity index (χ0n) is 13.8. The van der Waals surface area contributed by atoms with E-state index in [4.69, 9.17) is 20.8 Å². The van der Waals surface area contributed by atoms with Gasteiger partial charge in [-0.1, -0.05) is 11.6 Å². The average Bonchev–Trinajstić information content (AvgIpc) is 3.12. The van der Waals surface area contributed by atoms with Crippen LogP contribution in [0.3, 0.4) is 0 Å². The van der Waals surface area contributed by atoms with E-state index in [0.717, 1.165) is 11.1 Å². The van der Waals surface area contributed by atoms with Crippen LogP contribution >= 0.6 is 11.6 Å². The maximum Gasteiger partial charge on any atom is 0.265 e.